The van der Waals surface area contributed by atoms with Gasteiger partial charge >= 0.3 is 0 Å². The summed E-state index contributed by atoms with van der Waals surface area (Å²) < 4.78 is 5.48. The molecule has 2 atom stereocenters. The molecule has 0 saturated carbocycles. The number of aromatic nitrogens is 2. The molecular weight excluding hydrogens is 388 g/mol. The predicted molar refractivity (Wildman–Crippen MR) is 127 cm³/mol. The van der Waals surface area contributed by atoms with Crippen LogP contribution in [0.4, 0.5) is 0 Å². The molecule has 1 saturated heterocycles. The zero-order chi connectivity index (χ0) is 21.9. The van der Waals surface area contributed by atoms with Gasteiger partial charge in [0.15, 0.2) is 0 Å². The topological polar surface area (TPSA) is 75.0 Å². The molecule has 2 unspecified atom stereocenters. The number of amidine groups is 1. The van der Waals surface area contributed by atoms with Crippen LogP contribution >= 0.6 is 0 Å². The fraction of sp³-hybridized carbons (Fsp3) is 0.583. The minimum Gasteiger partial charge on any atom is -0.379 e. The zero-order valence-corrected chi connectivity index (χ0v) is 19.1. The number of nitrogens with zero attached hydrogens (tertiary/aromatic N) is 5. The number of hydrogen-bond donors (Lipinski definition) is 1. The van der Waals surface area contributed by atoms with Crippen LogP contribution in [-0.2, 0) is 4.74 Å². The Balaban J connectivity index is 1.57. The third-order valence-electron chi connectivity index (χ3n) is 5.66. The van der Waals surface area contributed by atoms with Gasteiger partial charge in [0, 0.05) is 62.9 Å². The highest BCUT2D eigenvalue weighted by Gasteiger charge is 2.17. The van der Waals surface area contributed by atoms with Gasteiger partial charge in [0.05, 0.1) is 18.9 Å². The Morgan fingerprint density at radius 2 is 2.10 bits per heavy atom. The maximum absolute atomic E-state index is 5.48. The van der Waals surface area contributed by atoms with Crippen LogP contribution in [-0.4, -0.2) is 72.4 Å². The van der Waals surface area contributed by atoms with Crippen LogP contribution in [0, 0.1) is 12.8 Å². The first-order chi connectivity index (χ1) is 15.2. The summed E-state index contributed by atoms with van der Waals surface area (Å²) >= 11 is 0. The van der Waals surface area contributed by atoms with Crippen molar-refractivity contribution in [3.63, 3.8) is 0 Å². The Morgan fingerprint density at radius 1 is 1.29 bits per heavy atom. The number of ether oxygens (including phenoxy) is 1. The molecule has 0 amide bonds. The van der Waals surface area contributed by atoms with Crippen LogP contribution in [0.3, 0.4) is 0 Å². The van der Waals surface area contributed by atoms with Crippen molar-refractivity contribution in [2.24, 2.45) is 15.9 Å². The summed E-state index contributed by atoms with van der Waals surface area (Å²) in [6.07, 6.45) is 15.0. The lowest BCUT2D eigenvalue weighted by Gasteiger charge is -2.32. The Kier molecular flexibility index (Phi) is 9.37. The molecule has 2 aliphatic heterocycles. The van der Waals surface area contributed by atoms with E-state index in [4.69, 9.17) is 9.73 Å². The van der Waals surface area contributed by atoms with Gasteiger partial charge in [0.1, 0.15) is 11.5 Å². The molecule has 0 aliphatic carbocycles. The quantitative estimate of drug-likeness (QED) is 0.285. The van der Waals surface area contributed by atoms with E-state index in [0.717, 1.165) is 69.3 Å². The molecule has 3 rings (SSSR count). The summed E-state index contributed by atoms with van der Waals surface area (Å²) in [6.45, 7) is 11.5. The maximum atomic E-state index is 5.48. The van der Waals surface area contributed by atoms with Crippen LogP contribution in [0.1, 0.15) is 44.5 Å². The number of hydrogen-bond acceptors (Lipinski definition) is 6. The van der Waals surface area contributed by atoms with Gasteiger partial charge < -0.3 is 10.1 Å². The number of allylic oxidation sites excluding steroid dienone is 1. The lowest BCUT2D eigenvalue weighted by atomic mass is 10.0. The molecule has 3 heterocycles. The molecule has 7 heteroatoms. The van der Waals surface area contributed by atoms with E-state index in [1.165, 1.54) is 5.57 Å². The fourth-order valence-electron chi connectivity index (χ4n) is 3.94. The van der Waals surface area contributed by atoms with Crippen molar-refractivity contribution in [2.45, 2.75) is 46.1 Å². The smallest absolute Gasteiger partial charge is 0.149 e. The first kappa shape index (κ1) is 23.3. The van der Waals surface area contributed by atoms with Crippen molar-refractivity contribution in [2.75, 3.05) is 39.4 Å². The molecule has 1 N–H and O–H groups in total. The van der Waals surface area contributed by atoms with E-state index < -0.39 is 0 Å². The second-order valence-electron chi connectivity index (χ2n) is 8.18. The van der Waals surface area contributed by atoms with Crippen molar-refractivity contribution >= 4 is 12.1 Å². The molecule has 0 radical (unpaired) electrons. The van der Waals surface area contributed by atoms with E-state index in [9.17, 15) is 0 Å². The largest absolute Gasteiger partial charge is 0.379 e. The number of aryl methyl sites for hydroxylation is 1. The van der Waals surface area contributed by atoms with Crippen molar-refractivity contribution in [3.8, 4) is 0 Å². The molecule has 0 spiro atoms. The van der Waals surface area contributed by atoms with E-state index in [1.807, 2.05) is 19.3 Å². The second kappa shape index (κ2) is 12.5. The van der Waals surface area contributed by atoms with Crippen molar-refractivity contribution < 1.29 is 4.74 Å². The predicted octanol–water partition coefficient (Wildman–Crippen LogP) is 3.17. The summed E-state index contributed by atoms with van der Waals surface area (Å²) in [5.74, 6) is 1.15. The fourth-order valence-corrected chi connectivity index (χ4v) is 3.94. The SMILES string of the molecule is CCC(/C=C\CCNC(=NCC1C=NC=C(C)C1)c1nccnc1C)N1CCOCC1. The summed E-state index contributed by atoms with van der Waals surface area (Å²) in [6, 6.07) is 0.487. The molecular formula is C24H36N6O. The standard InChI is InChI=1S/C24H36N6O/c1-4-22(30-11-13-31-14-12-30)7-5-6-8-28-24(23-20(3)26-9-10-27-23)29-18-21-15-19(2)16-25-17-21/h5,7,9-10,16-17,21-22H,4,6,8,11-15,18H2,1-3H3,(H,28,29)/b7-5-. The van der Waals surface area contributed by atoms with Crippen molar-refractivity contribution in [1.29, 1.82) is 0 Å². The third kappa shape index (κ3) is 7.36. The number of morpholine rings is 1. The van der Waals surface area contributed by atoms with Gasteiger partial charge in [0.2, 0.25) is 0 Å². The monoisotopic (exact) mass is 424 g/mol. The maximum Gasteiger partial charge on any atom is 0.149 e. The van der Waals surface area contributed by atoms with E-state index in [2.05, 4.69) is 51.2 Å². The van der Waals surface area contributed by atoms with Gasteiger partial charge in [-0.2, -0.15) is 0 Å². The summed E-state index contributed by atoms with van der Waals surface area (Å²) in [4.78, 5) is 20.6. The average molecular weight is 425 g/mol. The Bertz CT molecular complexity index is 810. The Hall–Kier alpha value is -2.38. The van der Waals surface area contributed by atoms with E-state index in [1.54, 1.807) is 12.4 Å². The van der Waals surface area contributed by atoms with Crippen LogP contribution in [0.2, 0.25) is 0 Å². The second-order valence-corrected chi connectivity index (χ2v) is 8.18. The minimum atomic E-state index is 0.331. The van der Waals surface area contributed by atoms with E-state index in [-0.39, 0.29) is 0 Å². The molecule has 31 heavy (non-hydrogen) atoms. The lowest BCUT2D eigenvalue weighted by molar-refractivity contribution is 0.0250. The van der Waals surface area contributed by atoms with Gasteiger partial charge in [-0.15, -0.1) is 0 Å². The highest BCUT2D eigenvalue weighted by atomic mass is 16.5. The van der Waals surface area contributed by atoms with Gasteiger partial charge in [-0.1, -0.05) is 24.6 Å². The normalized spacial score (nSPS) is 21.3. The van der Waals surface area contributed by atoms with Crippen molar-refractivity contribution in [1.82, 2.24) is 20.2 Å². The van der Waals surface area contributed by atoms with E-state index in [0.29, 0.717) is 18.5 Å². The summed E-state index contributed by atoms with van der Waals surface area (Å²) in [5.41, 5.74) is 3.01. The van der Waals surface area contributed by atoms with Gasteiger partial charge in [-0.3, -0.25) is 19.9 Å². The van der Waals surface area contributed by atoms with Crippen LogP contribution in [0.5, 0.6) is 0 Å². The average Bonchev–Trinajstić information content (AvgIpc) is 2.79. The van der Waals surface area contributed by atoms with E-state index >= 15 is 0 Å². The number of aliphatic imine (C=N–C) groups is 2. The van der Waals surface area contributed by atoms with Gasteiger partial charge in [-0.05, 0) is 33.1 Å². The molecule has 168 valence electrons. The van der Waals surface area contributed by atoms with Crippen LogP contribution < -0.4 is 5.32 Å². The Morgan fingerprint density at radius 3 is 2.84 bits per heavy atom. The van der Waals surface area contributed by atoms with Gasteiger partial charge in [0.25, 0.3) is 0 Å². The number of nitrogens with one attached hydrogen (secondary N) is 1. The first-order valence-electron chi connectivity index (χ1n) is 11.4. The zero-order valence-electron chi connectivity index (χ0n) is 19.1. The summed E-state index contributed by atoms with van der Waals surface area (Å²) in [7, 11) is 0. The van der Waals surface area contributed by atoms with Crippen molar-refractivity contribution in [3.05, 3.63) is 47.7 Å². The molecule has 0 bridgehead atoms. The Labute approximate surface area is 186 Å². The molecule has 1 fully saturated rings. The molecule has 7 nitrogen and oxygen atoms in total. The highest BCUT2D eigenvalue weighted by Crippen LogP contribution is 2.15. The highest BCUT2D eigenvalue weighted by molar-refractivity contribution is 5.98. The van der Waals surface area contributed by atoms with Gasteiger partial charge in [-0.25, -0.2) is 4.98 Å². The molecule has 2 aliphatic rings. The van der Waals surface area contributed by atoms with Crippen LogP contribution in [0.15, 0.2) is 46.3 Å². The minimum absolute atomic E-state index is 0.331. The number of rotatable bonds is 9. The third-order valence-corrected chi connectivity index (χ3v) is 5.66. The molecule has 1 aromatic rings. The van der Waals surface area contributed by atoms with Crippen LogP contribution in [0.25, 0.3) is 0 Å². The first-order valence-corrected chi connectivity index (χ1v) is 11.4. The summed E-state index contributed by atoms with van der Waals surface area (Å²) in [5, 5.41) is 3.50. The molecule has 0 aromatic carbocycles. The lowest BCUT2D eigenvalue weighted by Crippen LogP contribution is -2.42. The molecule has 1 aromatic heterocycles.